The van der Waals surface area contributed by atoms with Crippen LogP contribution in [0, 0.1) is 5.92 Å². The van der Waals surface area contributed by atoms with Gasteiger partial charge in [0, 0.05) is 30.7 Å². The normalized spacial score (nSPS) is 20.1. The van der Waals surface area contributed by atoms with Gasteiger partial charge in [0.25, 0.3) is 5.24 Å². The van der Waals surface area contributed by atoms with Crippen LogP contribution >= 0.6 is 11.8 Å². The molecule has 0 bridgehead atoms. The molecule has 1 saturated carbocycles. The van der Waals surface area contributed by atoms with Gasteiger partial charge < -0.3 is 15.5 Å². The zero-order valence-electron chi connectivity index (χ0n) is 16.1. The molecule has 0 unspecified atom stereocenters. The minimum Gasteiger partial charge on any atom is -0.342 e. The highest BCUT2D eigenvalue weighted by molar-refractivity contribution is 8.14. The van der Waals surface area contributed by atoms with Gasteiger partial charge in [-0.1, -0.05) is 23.9 Å². The number of likely N-dealkylation sites (tertiary alicyclic amines) is 1. The minimum atomic E-state index is -0.272. The van der Waals surface area contributed by atoms with E-state index < -0.39 is 0 Å². The predicted octanol–water partition coefficient (Wildman–Crippen LogP) is 2.40. The highest BCUT2D eigenvalue weighted by atomic mass is 32.2. The van der Waals surface area contributed by atoms with Crippen molar-refractivity contribution in [3.8, 4) is 0 Å². The Bertz CT molecular complexity index is 800. The maximum absolute atomic E-state index is 12.3. The van der Waals surface area contributed by atoms with Gasteiger partial charge in [0.1, 0.15) is 0 Å². The van der Waals surface area contributed by atoms with Gasteiger partial charge in [-0.15, -0.1) is 0 Å². The molecule has 1 aliphatic carbocycles. The SMILES string of the molecule is O=C(Nc1ccc(CN2C(=O)CSC2=O)cc1)NC1CCN(C(=O)C2CC2)CC1. The van der Waals surface area contributed by atoms with Crippen LogP contribution in [0.15, 0.2) is 24.3 Å². The Balaban J connectivity index is 1.22. The lowest BCUT2D eigenvalue weighted by molar-refractivity contribution is -0.133. The zero-order chi connectivity index (χ0) is 20.4. The van der Waals surface area contributed by atoms with Gasteiger partial charge in [-0.05, 0) is 43.4 Å². The average molecular weight is 417 g/mol. The van der Waals surface area contributed by atoms with Gasteiger partial charge in [-0.2, -0.15) is 0 Å². The number of urea groups is 1. The third kappa shape index (κ3) is 4.90. The molecule has 154 valence electrons. The fourth-order valence-electron chi connectivity index (χ4n) is 3.60. The summed E-state index contributed by atoms with van der Waals surface area (Å²) in [5.41, 5.74) is 1.47. The van der Waals surface area contributed by atoms with Crippen LogP contribution in [-0.4, -0.2) is 57.8 Å². The molecule has 0 aromatic heterocycles. The van der Waals surface area contributed by atoms with Crippen molar-refractivity contribution in [1.29, 1.82) is 0 Å². The molecule has 5 amide bonds. The number of thioether (sulfide) groups is 1. The maximum Gasteiger partial charge on any atom is 0.319 e. The molecule has 2 N–H and O–H groups in total. The van der Waals surface area contributed by atoms with Crippen LogP contribution in [0.25, 0.3) is 0 Å². The van der Waals surface area contributed by atoms with Crippen LogP contribution in [-0.2, 0) is 16.1 Å². The summed E-state index contributed by atoms with van der Waals surface area (Å²) in [6.45, 7) is 1.64. The van der Waals surface area contributed by atoms with E-state index in [0.717, 1.165) is 43.0 Å². The first-order valence-corrected chi connectivity index (χ1v) is 10.9. The van der Waals surface area contributed by atoms with Gasteiger partial charge in [0.15, 0.2) is 0 Å². The number of nitrogens with zero attached hydrogens (tertiary/aromatic N) is 2. The molecule has 2 aliphatic heterocycles. The van der Waals surface area contributed by atoms with Crippen molar-refractivity contribution in [2.45, 2.75) is 38.3 Å². The molecular formula is C20H24N4O4S. The lowest BCUT2D eigenvalue weighted by Crippen LogP contribution is -2.47. The monoisotopic (exact) mass is 416 g/mol. The van der Waals surface area contributed by atoms with E-state index in [2.05, 4.69) is 10.6 Å². The molecule has 0 atom stereocenters. The van der Waals surface area contributed by atoms with E-state index in [1.807, 2.05) is 4.90 Å². The second kappa shape index (κ2) is 8.44. The number of nitrogens with one attached hydrogen (secondary N) is 2. The number of carbonyl (C=O) groups is 4. The molecule has 1 aromatic rings. The number of hydrogen-bond acceptors (Lipinski definition) is 5. The van der Waals surface area contributed by atoms with Gasteiger partial charge in [-0.3, -0.25) is 19.3 Å². The topological polar surface area (TPSA) is 98.8 Å². The molecule has 0 radical (unpaired) electrons. The molecule has 4 rings (SSSR count). The van der Waals surface area contributed by atoms with Crippen LogP contribution < -0.4 is 10.6 Å². The van der Waals surface area contributed by atoms with E-state index in [9.17, 15) is 19.2 Å². The summed E-state index contributed by atoms with van der Waals surface area (Å²) in [5.74, 6) is 0.536. The van der Waals surface area contributed by atoms with Crippen molar-refractivity contribution in [3.63, 3.8) is 0 Å². The molecule has 3 aliphatic rings. The summed E-state index contributed by atoms with van der Waals surface area (Å²) >= 11 is 1.02. The Kier molecular flexibility index (Phi) is 5.75. The van der Waals surface area contributed by atoms with Crippen molar-refractivity contribution in [3.05, 3.63) is 29.8 Å². The average Bonchev–Trinajstić information content (AvgIpc) is 3.52. The number of carbonyl (C=O) groups excluding carboxylic acids is 4. The van der Waals surface area contributed by atoms with Gasteiger partial charge in [0.2, 0.25) is 11.8 Å². The van der Waals surface area contributed by atoms with Crippen molar-refractivity contribution in [2.24, 2.45) is 5.92 Å². The van der Waals surface area contributed by atoms with E-state index in [1.165, 1.54) is 4.90 Å². The number of imide groups is 1. The molecule has 29 heavy (non-hydrogen) atoms. The van der Waals surface area contributed by atoms with Crippen molar-refractivity contribution >= 4 is 40.5 Å². The fraction of sp³-hybridized carbons (Fsp3) is 0.500. The first kappa shape index (κ1) is 19.8. The van der Waals surface area contributed by atoms with E-state index in [0.29, 0.717) is 18.8 Å². The van der Waals surface area contributed by atoms with E-state index in [1.54, 1.807) is 24.3 Å². The number of benzene rings is 1. The van der Waals surface area contributed by atoms with Crippen molar-refractivity contribution in [2.75, 3.05) is 24.2 Å². The Morgan fingerprint density at radius 2 is 1.72 bits per heavy atom. The Labute approximate surface area is 173 Å². The molecule has 0 spiro atoms. The maximum atomic E-state index is 12.3. The number of rotatable bonds is 5. The molecule has 8 nitrogen and oxygen atoms in total. The molecular weight excluding hydrogens is 392 g/mol. The lowest BCUT2D eigenvalue weighted by Gasteiger charge is -2.32. The first-order chi connectivity index (χ1) is 14.0. The Morgan fingerprint density at radius 3 is 2.31 bits per heavy atom. The minimum absolute atomic E-state index is 0.0576. The van der Waals surface area contributed by atoms with Crippen molar-refractivity contribution in [1.82, 2.24) is 15.1 Å². The smallest absolute Gasteiger partial charge is 0.319 e. The first-order valence-electron chi connectivity index (χ1n) is 9.92. The summed E-state index contributed by atoms with van der Waals surface area (Å²) in [7, 11) is 0. The quantitative estimate of drug-likeness (QED) is 0.768. The highest BCUT2D eigenvalue weighted by Crippen LogP contribution is 2.31. The molecule has 2 heterocycles. The third-order valence-corrected chi connectivity index (χ3v) is 6.32. The summed E-state index contributed by atoms with van der Waals surface area (Å²) in [4.78, 5) is 50.8. The van der Waals surface area contributed by atoms with Gasteiger partial charge in [-0.25, -0.2) is 4.79 Å². The predicted molar refractivity (Wildman–Crippen MR) is 109 cm³/mol. The summed E-state index contributed by atoms with van der Waals surface area (Å²) in [6.07, 6.45) is 3.56. The standard InChI is InChI=1S/C20H24N4O4S/c25-17-12-29-20(28)24(17)11-13-1-5-15(6-2-13)21-19(27)22-16-7-9-23(10-8-16)18(26)14-3-4-14/h1-2,5-6,14,16H,3-4,7-12H2,(H2,21,22,27). The molecule has 9 heteroatoms. The Hall–Kier alpha value is -2.55. The summed E-state index contributed by atoms with van der Waals surface area (Å²) < 4.78 is 0. The molecule has 1 aromatic carbocycles. The fourth-order valence-corrected chi connectivity index (χ4v) is 4.32. The van der Waals surface area contributed by atoms with Gasteiger partial charge in [0.05, 0.1) is 12.3 Å². The molecule has 2 saturated heterocycles. The summed E-state index contributed by atoms with van der Waals surface area (Å²) in [5, 5.41) is 5.56. The highest BCUT2D eigenvalue weighted by Gasteiger charge is 2.35. The number of piperidine rings is 1. The molecule has 3 fully saturated rings. The summed E-state index contributed by atoms with van der Waals surface area (Å²) in [6, 6.07) is 6.88. The number of hydrogen-bond donors (Lipinski definition) is 2. The van der Waals surface area contributed by atoms with E-state index >= 15 is 0 Å². The second-order valence-corrected chi connectivity index (χ2v) is 8.63. The van der Waals surface area contributed by atoms with Crippen LogP contribution in [0.2, 0.25) is 0 Å². The van der Waals surface area contributed by atoms with Crippen LogP contribution in [0.4, 0.5) is 15.3 Å². The Morgan fingerprint density at radius 1 is 1.03 bits per heavy atom. The number of amides is 5. The van der Waals surface area contributed by atoms with E-state index in [-0.39, 0.29) is 47.3 Å². The van der Waals surface area contributed by atoms with Crippen LogP contribution in [0.5, 0.6) is 0 Å². The van der Waals surface area contributed by atoms with Gasteiger partial charge >= 0.3 is 6.03 Å². The van der Waals surface area contributed by atoms with Crippen molar-refractivity contribution < 1.29 is 19.2 Å². The second-order valence-electron chi connectivity index (χ2n) is 7.70. The lowest BCUT2D eigenvalue weighted by atomic mass is 10.0. The number of anilines is 1. The third-order valence-electron chi connectivity index (χ3n) is 5.46. The zero-order valence-corrected chi connectivity index (χ0v) is 16.9. The van der Waals surface area contributed by atoms with E-state index in [4.69, 9.17) is 0 Å². The largest absolute Gasteiger partial charge is 0.342 e. The van der Waals surface area contributed by atoms with Crippen LogP contribution in [0.1, 0.15) is 31.2 Å². The van der Waals surface area contributed by atoms with Crippen LogP contribution in [0.3, 0.4) is 0 Å².